The predicted molar refractivity (Wildman–Crippen MR) is 109 cm³/mol. The maximum absolute atomic E-state index is 10.9. The maximum atomic E-state index is 10.9. The summed E-state index contributed by atoms with van der Waals surface area (Å²) in [6, 6.07) is 7.94. The van der Waals surface area contributed by atoms with E-state index in [9.17, 15) is 4.79 Å². The number of benzene rings is 1. The number of carbonyl (C=O) groups excluding carboxylic acids is 1. The zero-order valence-electron chi connectivity index (χ0n) is 15.8. The van der Waals surface area contributed by atoms with E-state index in [2.05, 4.69) is 37.0 Å². The highest BCUT2D eigenvalue weighted by atomic mass is 16.5. The Hall–Kier alpha value is -2.43. The Morgan fingerprint density at radius 1 is 1.23 bits per heavy atom. The number of hydroxylamine groups is 1. The van der Waals surface area contributed by atoms with Crippen LogP contribution in [-0.2, 0) is 11.3 Å². The highest BCUT2D eigenvalue weighted by Gasteiger charge is 2.01. The number of rotatable bonds is 11. The van der Waals surface area contributed by atoms with Gasteiger partial charge in [-0.2, -0.15) is 0 Å². The van der Waals surface area contributed by atoms with Crippen molar-refractivity contribution in [1.82, 2.24) is 10.8 Å². The minimum Gasteiger partial charge on any atom is -0.313 e. The lowest BCUT2D eigenvalue weighted by Crippen LogP contribution is -2.15. The van der Waals surface area contributed by atoms with Crippen molar-refractivity contribution in [2.45, 2.75) is 39.7 Å². The molecule has 4 heteroatoms. The molecule has 0 aromatic heterocycles. The van der Waals surface area contributed by atoms with Crippen LogP contribution < -0.4 is 10.8 Å². The van der Waals surface area contributed by atoms with Gasteiger partial charge < -0.3 is 5.32 Å². The fourth-order valence-corrected chi connectivity index (χ4v) is 2.49. The molecule has 0 bridgehead atoms. The number of amides is 1. The molecule has 26 heavy (non-hydrogen) atoms. The second kappa shape index (κ2) is 12.9. The van der Waals surface area contributed by atoms with E-state index in [0.29, 0.717) is 0 Å². The van der Waals surface area contributed by atoms with Crippen LogP contribution in [0.1, 0.15) is 44.2 Å². The molecule has 0 aliphatic heterocycles. The molecule has 140 valence electrons. The molecule has 0 aliphatic rings. The summed E-state index contributed by atoms with van der Waals surface area (Å²) in [6.45, 7) is 10.1. The standard InChI is InChI=1S/C22H30N2O2/c1-4-6-9-21(5-2)18(3)8-7-16-23-17-20-12-10-19(11-13-20)14-15-22(25)24-26/h4-6,10-15,23,26H,3,7-9,16-17H2,1-2H3,(H,24,25)/b6-4?,15-14+,21-5-. The summed E-state index contributed by atoms with van der Waals surface area (Å²) in [7, 11) is 0. The normalized spacial score (nSPS) is 12.0. The summed E-state index contributed by atoms with van der Waals surface area (Å²) in [5, 5.41) is 11.9. The van der Waals surface area contributed by atoms with Gasteiger partial charge in [0.2, 0.25) is 0 Å². The monoisotopic (exact) mass is 354 g/mol. The van der Waals surface area contributed by atoms with Crippen molar-refractivity contribution in [3.8, 4) is 0 Å². The third-order valence-corrected chi connectivity index (χ3v) is 4.05. The van der Waals surface area contributed by atoms with E-state index in [1.807, 2.05) is 31.2 Å². The van der Waals surface area contributed by atoms with Gasteiger partial charge in [-0.05, 0) is 62.4 Å². The molecule has 1 aromatic rings. The molecule has 0 atom stereocenters. The second-order valence-electron chi connectivity index (χ2n) is 6.02. The second-order valence-corrected chi connectivity index (χ2v) is 6.02. The van der Waals surface area contributed by atoms with E-state index in [-0.39, 0.29) is 0 Å². The highest BCUT2D eigenvalue weighted by Crippen LogP contribution is 2.17. The molecular formula is C22H30N2O2. The first-order valence-electron chi connectivity index (χ1n) is 8.97. The molecule has 0 saturated heterocycles. The van der Waals surface area contributed by atoms with E-state index < -0.39 is 5.91 Å². The molecule has 0 saturated carbocycles. The molecule has 0 heterocycles. The van der Waals surface area contributed by atoms with Crippen molar-refractivity contribution < 1.29 is 10.0 Å². The summed E-state index contributed by atoms with van der Waals surface area (Å²) in [6.07, 6.45) is 12.3. The fourth-order valence-electron chi connectivity index (χ4n) is 2.49. The number of hydrogen-bond acceptors (Lipinski definition) is 3. The number of carbonyl (C=O) groups is 1. The molecule has 0 spiro atoms. The quantitative estimate of drug-likeness (QED) is 0.136. The highest BCUT2D eigenvalue weighted by molar-refractivity contribution is 5.90. The van der Waals surface area contributed by atoms with Crippen LogP contribution in [0.5, 0.6) is 0 Å². The van der Waals surface area contributed by atoms with E-state index in [4.69, 9.17) is 5.21 Å². The van der Waals surface area contributed by atoms with Gasteiger partial charge in [0.1, 0.15) is 0 Å². The van der Waals surface area contributed by atoms with Crippen LogP contribution in [-0.4, -0.2) is 17.7 Å². The Kier molecular flexibility index (Phi) is 10.7. The molecule has 1 rings (SSSR count). The Labute approximate surface area is 157 Å². The van der Waals surface area contributed by atoms with Crippen LogP contribution >= 0.6 is 0 Å². The molecule has 0 unspecified atom stereocenters. The average molecular weight is 354 g/mol. The van der Waals surface area contributed by atoms with Crippen molar-refractivity contribution in [2.75, 3.05) is 6.54 Å². The summed E-state index contributed by atoms with van der Waals surface area (Å²) in [5.74, 6) is -0.538. The van der Waals surface area contributed by atoms with E-state index in [1.54, 1.807) is 11.6 Å². The smallest absolute Gasteiger partial charge is 0.267 e. The van der Waals surface area contributed by atoms with E-state index in [1.165, 1.54) is 22.8 Å². The van der Waals surface area contributed by atoms with Gasteiger partial charge in [-0.3, -0.25) is 10.0 Å². The topological polar surface area (TPSA) is 61.4 Å². The van der Waals surface area contributed by atoms with Crippen LogP contribution in [0.3, 0.4) is 0 Å². The number of nitrogens with one attached hydrogen (secondary N) is 2. The SMILES string of the molecule is C=C(CCCNCc1ccc(/C=C/C(=O)NO)cc1)/C(=C\C)CC=CC. The predicted octanol–water partition coefficient (Wildman–Crippen LogP) is 4.54. The third-order valence-electron chi connectivity index (χ3n) is 4.05. The summed E-state index contributed by atoms with van der Waals surface area (Å²) < 4.78 is 0. The van der Waals surface area contributed by atoms with Crippen molar-refractivity contribution in [1.29, 1.82) is 0 Å². The van der Waals surface area contributed by atoms with Gasteiger partial charge in [0.25, 0.3) is 5.91 Å². The van der Waals surface area contributed by atoms with Gasteiger partial charge in [-0.25, -0.2) is 5.48 Å². The van der Waals surface area contributed by atoms with E-state index in [0.717, 1.165) is 37.9 Å². The van der Waals surface area contributed by atoms with Crippen LogP contribution in [0.4, 0.5) is 0 Å². The zero-order chi connectivity index (χ0) is 19.2. The van der Waals surface area contributed by atoms with Crippen molar-refractivity contribution in [2.24, 2.45) is 0 Å². The number of allylic oxidation sites excluding steroid dienone is 5. The summed E-state index contributed by atoms with van der Waals surface area (Å²) in [4.78, 5) is 10.9. The van der Waals surface area contributed by atoms with Gasteiger partial charge >= 0.3 is 0 Å². The third kappa shape index (κ3) is 8.60. The average Bonchev–Trinajstić information content (AvgIpc) is 2.67. The lowest BCUT2D eigenvalue weighted by atomic mass is 9.99. The van der Waals surface area contributed by atoms with Gasteiger partial charge in [0.15, 0.2) is 0 Å². The lowest BCUT2D eigenvalue weighted by molar-refractivity contribution is -0.124. The zero-order valence-corrected chi connectivity index (χ0v) is 15.8. The first kappa shape index (κ1) is 21.6. The molecule has 4 nitrogen and oxygen atoms in total. The van der Waals surface area contributed by atoms with Crippen LogP contribution in [0.15, 0.2) is 66.3 Å². The molecule has 3 N–H and O–H groups in total. The largest absolute Gasteiger partial charge is 0.313 e. The van der Waals surface area contributed by atoms with Crippen molar-refractivity contribution in [3.05, 3.63) is 77.4 Å². The maximum Gasteiger partial charge on any atom is 0.267 e. The van der Waals surface area contributed by atoms with Crippen molar-refractivity contribution in [3.63, 3.8) is 0 Å². The Morgan fingerprint density at radius 2 is 1.96 bits per heavy atom. The van der Waals surface area contributed by atoms with Gasteiger partial charge in [0.05, 0.1) is 0 Å². The molecule has 0 radical (unpaired) electrons. The molecule has 1 amide bonds. The Bertz CT molecular complexity index is 655. The molecule has 0 aliphatic carbocycles. The molecular weight excluding hydrogens is 324 g/mol. The molecule has 1 aromatic carbocycles. The van der Waals surface area contributed by atoms with Gasteiger partial charge in [-0.1, -0.05) is 54.6 Å². The first-order valence-corrected chi connectivity index (χ1v) is 8.97. The van der Waals surface area contributed by atoms with Crippen LogP contribution in [0.2, 0.25) is 0 Å². The lowest BCUT2D eigenvalue weighted by Gasteiger charge is -2.10. The summed E-state index contributed by atoms with van der Waals surface area (Å²) in [5.41, 5.74) is 6.21. The van der Waals surface area contributed by atoms with Crippen LogP contribution in [0.25, 0.3) is 6.08 Å². The fraction of sp³-hybridized carbons (Fsp3) is 0.318. The van der Waals surface area contributed by atoms with Gasteiger partial charge in [-0.15, -0.1) is 0 Å². The van der Waals surface area contributed by atoms with Crippen LogP contribution in [0, 0.1) is 0 Å². The Balaban J connectivity index is 2.30. The van der Waals surface area contributed by atoms with Crippen molar-refractivity contribution >= 4 is 12.0 Å². The minimum absolute atomic E-state index is 0.538. The van der Waals surface area contributed by atoms with Gasteiger partial charge in [0, 0.05) is 12.6 Å². The summed E-state index contributed by atoms with van der Waals surface area (Å²) >= 11 is 0. The first-order chi connectivity index (χ1) is 12.6. The Morgan fingerprint density at radius 3 is 2.58 bits per heavy atom. The minimum atomic E-state index is -0.538. The molecule has 0 fully saturated rings. The van der Waals surface area contributed by atoms with E-state index >= 15 is 0 Å². The number of hydrogen-bond donors (Lipinski definition) is 3.